The van der Waals surface area contributed by atoms with E-state index >= 15 is 0 Å². The lowest BCUT2D eigenvalue weighted by Gasteiger charge is -2.19. The van der Waals surface area contributed by atoms with Crippen molar-refractivity contribution in [3.05, 3.63) is 0 Å². The summed E-state index contributed by atoms with van der Waals surface area (Å²) >= 11 is 0. The number of halogens is 3. The van der Waals surface area contributed by atoms with Gasteiger partial charge in [0.15, 0.2) is 6.04 Å². The molecule has 58 valence electrons. The SMILES string of the molecule is CN(C)C(C#N)C(F)(F)F. The van der Waals surface area contributed by atoms with Crippen molar-refractivity contribution < 1.29 is 13.2 Å². The number of nitriles is 1. The zero-order valence-corrected chi connectivity index (χ0v) is 5.61. The second-order valence-corrected chi connectivity index (χ2v) is 2.04. The first-order valence-corrected chi connectivity index (χ1v) is 2.52. The third-order valence-corrected chi connectivity index (χ3v) is 0.949. The minimum absolute atomic E-state index is 0.819. The Labute approximate surface area is 56.8 Å². The van der Waals surface area contributed by atoms with E-state index in [0.717, 1.165) is 11.0 Å². The molecule has 0 aliphatic rings. The van der Waals surface area contributed by atoms with Gasteiger partial charge in [-0.15, -0.1) is 0 Å². The van der Waals surface area contributed by atoms with Gasteiger partial charge in [-0.05, 0) is 14.1 Å². The van der Waals surface area contributed by atoms with Gasteiger partial charge in [0, 0.05) is 0 Å². The second-order valence-electron chi connectivity index (χ2n) is 2.04. The molecule has 0 radical (unpaired) electrons. The Morgan fingerprint density at radius 1 is 1.40 bits per heavy atom. The molecule has 1 unspecified atom stereocenters. The summed E-state index contributed by atoms with van der Waals surface area (Å²) in [6.45, 7) is 0. The maximum atomic E-state index is 11.7. The van der Waals surface area contributed by atoms with Gasteiger partial charge in [0.05, 0.1) is 6.07 Å². The maximum absolute atomic E-state index is 11.7. The molecule has 0 aliphatic carbocycles. The molecule has 0 aromatic heterocycles. The van der Waals surface area contributed by atoms with Crippen LogP contribution in [-0.2, 0) is 0 Å². The third-order valence-electron chi connectivity index (χ3n) is 0.949. The highest BCUT2D eigenvalue weighted by atomic mass is 19.4. The summed E-state index contributed by atoms with van der Waals surface area (Å²) in [5.41, 5.74) is 0. The summed E-state index contributed by atoms with van der Waals surface area (Å²) in [5, 5.41) is 8.02. The van der Waals surface area contributed by atoms with Crippen molar-refractivity contribution in [2.75, 3.05) is 14.1 Å². The molecule has 10 heavy (non-hydrogen) atoms. The molecule has 0 aromatic rings. The summed E-state index contributed by atoms with van der Waals surface area (Å²) in [4.78, 5) is 0.819. The summed E-state index contributed by atoms with van der Waals surface area (Å²) < 4.78 is 35.1. The average molecular weight is 152 g/mol. The van der Waals surface area contributed by atoms with Gasteiger partial charge in [-0.2, -0.15) is 18.4 Å². The van der Waals surface area contributed by atoms with Crippen LogP contribution in [0.2, 0.25) is 0 Å². The second kappa shape index (κ2) is 2.88. The highest BCUT2D eigenvalue weighted by Gasteiger charge is 2.41. The monoisotopic (exact) mass is 152 g/mol. The first-order valence-electron chi connectivity index (χ1n) is 2.52. The predicted octanol–water partition coefficient (Wildman–Crippen LogP) is 1.00. The van der Waals surface area contributed by atoms with E-state index in [1.807, 2.05) is 0 Å². The fraction of sp³-hybridized carbons (Fsp3) is 0.800. The number of hydrogen-bond acceptors (Lipinski definition) is 2. The van der Waals surface area contributed by atoms with E-state index in [4.69, 9.17) is 5.26 Å². The summed E-state index contributed by atoms with van der Waals surface area (Å²) in [6, 6.07) is -0.851. The highest BCUT2D eigenvalue weighted by Crippen LogP contribution is 2.22. The fourth-order valence-electron chi connectivity index (χ4n) is 0.481. The van der Waals surface area contributed by atoms with E-state index in [0.29, 0.717) is 0 Å². The molecule has 0 amide bonds. The third kappa shape index (κ3) is 2.23. The van der Waals surface area contributed by atoms with Gasteiger partial charge >= 0.3 is 6.18 Å². The summed E-state index contributed by atoms with van der Waals surface area (Å²) in [6.07, 6.45) is -4.45. The Morgan fingerprint density at radius 2 is 1.80 bits per heavy atom. The Hall–Kier alpha value is -0.760. The quantitative estimate of drug-likeness (QED) is 0.560. The smallest absolute Gasteiger partial charge is 0.287 e. The lowest BCUT2D eigenvalue weighted by Crippen LogP contribution is -2.39. The van der Waals surface area contributed by atoms with E-state index < -0.39 is 12.2 Å². The molecule has 0 N–H and O–H groups in total. The number of nitrogens with zero attached hydrogens (tertiary/aromatic N) is 2. The zero-order chi connectivity index (χ0) is 8.36. The molecule has 0 rings (SSSR count). The Balaban J connectivity index is 4.26. The van der Waals surface area contributed by atoms with Crippen molar-refractivity contribution in [1.29, 1.82) is 5.26 Å². The summed E-state index contributed by atoms with van der Waals surface area (Å²) in [7, 11) is 2.42. The van der Waals surface area contributed by atoms with Crippen LogP contribution in [0.25, 0.3) is 0 Å². The van der Waals surface area contributed by atoms with Crippen molar-refractivity contribution >= 4 is 0 Å². The molecular formula is C5H7F3N2. The summed E-state index contributed by atoms with van der Waals surface area (Å²) in [5.74, 6) is 0. The number of hydrogen-bond donors (Lipinski definition) is 0. The minimum Gasteiger partial charge on any atom is -0.287 e. The molecule has 0 aromatic carbocycles. The molecule has 0 spiro atoms. The van der Waals surface area contributed by atoms with Crippen LogP contribution in [0.15, 0.2) is 0 Å². The van der Waals surface area contributed by atoms with Gasteiger partial charge in [-0.3, -0.25) is 4.90 Å². The molecule has 2 nitrogen and oxygen atoms in total. The van der Waals surface area contributed by atoms with Crippen LogP contribution in [0, 0.1) is 11.3 Å². The van der Waals surface area contributed by atoms with Gasteiger partial charge in [0.1, 0.15) is 0 Å². The molecule has 0 aliphatic heterocycles. The van der Waals surface area contributed by atoms with Crippen molar-refractivity contribution in [1.82, 2.24) is 4.90 Å². The average Bonchev–Trinajstić information content (AvgIpc) is 1.60. The molecule has 0 fully saturated rings. The largest absolute Gasteiger partial charge is 0.417 e. The van der Waals surface area contributed by atoms with Gasteiger partial charge < -0.3 is 0 Å². The van der Waals surface area contributed by atoms with Gasteiger partial charge in [-0.1, -0.05) is 0 Å². The molecule has 0 heterocycles. The maximum Gasteiger partial charge on any atom is 0.417 e. The fourth-order valence-corrected chi connectivity index (χ4v) is 0.481. The van der Waals surface area contributed by atoms with E-state index in [1.54, 1.807) is 0 Å². The van der Waals surface area contributed by atoms with Gasteiger partial charge in [0.25, 0.3) is 0 Å². The van der Waals surface area contributed by atoms with E-state index in [-0.39, 0.29) is 0 Å². The first kappa shape index (κ1) is 9.24. The molecular weight excluding hydrogens is 145 g/mol. The van der Waals surface area contributed by atoms with Crippen molar-refractivity contribution in [3.8, 4) is 6.07 Å². The van der Waals surface area contributed by atoms with E-state index in [2.05, 4.69) is 0 Å². The molecule has 0 saturated carbocycles. The van der Waals surface area contributed by atoms with Crippen molar-refractivity contribution in [3.63, 3.8) is 0 Å². The number of rotatable bonds is 1. The van der Waals surface area contributed by atoms with Crippen LogP contribution in [-0.4, -0.2) is 31.2 Å². The molecule has 0 bridgehead atoms. The Morgan fingerprint density at radius 3 is 1.80 bits per heavy atom. The molecule has 0 saturated heterocycles. The van der Waals surface area contributed by atoms with Gasteiger partial charge in [-0.25, -0.2) is 0 Å². The van der Waals surface area contributed by atoms with Crippen LogP contribution < -0.4 is 0 Å². The van der Waals surface area contributed by atoms with E-state index in [9.17, 15) is 13.2 Å². The van der Waals surface area contributed by atoms with Crippen LogP contribution in [0.5, 0.6) is 0 Å². The molecule has 5 heteroatoms. The lowest BCUT2D eigenvalue weighted by atomic mass is 10.3. The predicted molar refractivity (Wildman–Crippen MR) is 29.1 cm³/mol. The van der Waals surface area contributed by atoms with Crippen molar-refractivity contribution in [2.24, 2.45) is 0 Å². The normalized spacial score (nSPS) is 14.9. The van der Waals surface area contributed by atoms with Gasteiger partial charge in [0.2, 0.25) is 0 Å². The minimum atomic E-state index is -4.45. The van der Waals surface area contributed by atoms with Crippen LogP contribution >= 0.6 is 0 Å². The Kier molecular flexibility index (Phi) is 2.66. The lowest BCUT2D eigenvalue weighted by molar-refractivity contribution is -0.161. The van der Waals surface area contributed by atoms with Crippen LogP contribution in [0.1, 0.15) is 0 Å². The van der Waals surface area contributed by atoms with E-state index in [1.165, 1.54) is 14.1 Å². The standard InChI is InChI=1S/C5H7F3N2/c1-10(2)4(3-9)5(6,7)8/h4H,1-2H3. The topological polar surface area (TPSA) is 27.0 Å². The number of alkyl halides is 3. The van der Waals surface area contributed by atoms with Crippen LogP contribution in [0.3, 0.4) is 0 Å². The Bertz CT molecular complexity index is 144. The zero-order valence-electron chi connectivity index (χ0n) is 5.61. The highest BCUT2D eigenvalue weighted by molar-refractivity contribution is 4.94. The molecule has 1 atom stereocenters. The van der Waals surface area contributed by atoms with Crippen LogP contribution in [0.4, 0.5) is 13.2 Å². The first-order chi connectivity index (χ1) is 4.39. The van der Waals surface area contributed by atoms with Crippen molar-refractivity contribution in [2.45, 2.75) is 12.2 Å².